The summed E-state index contributed by atoms with van der Waals surface area (Å²) in [7, 11) is 0. The molecule has 0 spiro atoms. The lowest BCUT2D eigenvalue weighted by atomic mass is 10.2. The van der Waals surface area contributed by atoms with Crippen LogP contribution in [0, 0.1) is 4.77 Å². The number of esters is 1. The van der Waals surface area contributed by atoms with Crippen LogP contribution in [0.2, 0.25) is 0 Å². The number of para-hydroxylation sites is 1. The van der Waals surface area contributed by atoms with E-state index in [0.717, 1.165) is 11.8 Å². The van der Waals surface area contributed by atoms with Gasteiger partial charge in [0.05, 0.1) is 11.1 Å². The van der Waals surface area contributed by atoms with Gasteiger partial charge >= 0.3 is 5.97 Å². The number of nitrogens with zero attached hydrogens (tertiary/aromatic N) is 4. The average Bonchev–Trinajstić information content (AvgIpc) is 3.35. The number of ether oxygens (including phenoxy) is 1. The van der Waals surface area contributed by atoms with Crippen LogP contribution in [0.25, 0.3) is 5.69 Å². The van der Waals surface area contributed by atoms with Crippen molar-refractivity contribution in [3.8, 4) is 11.4 Å². The third-order valence-electron chi connectivity index (χ3n) is 4.45. The van der Waals surface area contributed by atoms with Crippen LogP contribution >= 0.6 is 24.0 Å². The Morgan fingerprint density at radius 3 is 2.57 bits per heavy atom. The molecule has 0 saturated carbocycles. The lowest BCUT2D eigenvalue weighted by Gasteiger charge is -2.03. The molecule has 176 valence electrons. The molecule has 0 bridgehead atoms. The van der Waals surface area contributed by atoms with Crippen LogP contribution in [0.3, 0.4) is 0 Å². The summed E-state index contributed by atoms with van der Waals surface area (Å²) in [5.41, 5.74) is 3.87. The van der Waals surface area contributed by atoms with Crippen LogP contribution in [0.15, 0.2) is 77.0 Å². The maximum atomic E-state index is 12.2. The number of hydrazone groups is 1. The molecule has 35 heavy (non-hydrogen) atoms. The van der Waals surface area contributed by atoms with E-state index >= 15 is 0 Å². The summed E-state index contributed by atoms with van der Waals surface area (Å²) in [4.78, 5) is 46.7. The molecular weight excluding hydrogens is 492 g/mol. The Bertz CT molecular complexity index is 1410. The van der Waals surface area contributed by atoms with Crippen molar-refractivity contribution in [3.63, 3.8) is 0 Å². The van der Waals surface area contributed by atoms with Crippen LogP contribution in [0.1, 0.15) is 5.56 Å². The Balaban J connectivity index is 1.29. The molecule has 1 aromatic heterocycles. The van der Waals surface area contributed by atoms with Gasteiger partial charge in [-0.1, -0.05) is 18.2 Å². The highest BCUT2D eigenvalue weighted by Crippen LogP contribution is 2.23. The van der Waals surface area contributed by atoms with Gasteiger partial charge in [0.1, 0.15) is 18.6 Å². The number of imide groups is 1. The van der Waals surface area contributed by atoms with E-state index in [9.17, 15) is 19.2 Å². The van der Waals surface area contributed by atoms with Gasteiger partial charge in [-0.2, -0.15) is 10.2 Å². The second-order valence-electron chi connectivity index (χ2n) is 6.91. The zero-order chi connectivity index (χ0) is 24.8. The number of carbonyl (C=O) groups is 4. The van der Waals surface area contributed by atoms with Crippen molar-refractivity contribution in [2.75, 3.05) is 0 Å². The van der Waals surface area contributed by atoms with Gasteiger partial charge in [0.15, 0.2) is 0 Å². The summed E-state index contributed by atoms with van der Waals surface area (Å²) >= 11 is 6.00. The zero-order valence-electron chi connectivity index (χ0n) is 17.8. The molecule has 3 amide bonds. The molecular formula is C22H16N6O5S2. The van der Waals surface area contributed by atoms with Crippen molar-refractivity contribution >= 4 is 53.2 Å². The monoisotopic (exact) mass is 508 g/mol. The lowest BCUT2D eigenvalue weighted by Crippen LogP contribution is -2.24. The van der Waals surface area contributed by atoms with E-state index in [1.807, 2.05) is 35.6 Å². The molecule has 1 fully saturated rings. The normalized spacial score (nSPS) is 14.3. The lowest BCUT2D eigenvalue weighted by molar-refractivity contribution is -0.129. The molecule has 0 aliphatic carbocycles. The van der Waals surface area contributed by atoms with E-state index in [-0.39, 0.29) is 17.2 Å². The van der Waals surface area contributed by atoms with E-state index in [1.54, 1.807) is 23.0 Å². The minimum Gasteiger partial charge on any atom is -0.423 e. The highest BCUT2D eigenvalue weighted by Gasteiger charge is 2.26. The van der Waals surface area contributed by atoms with Crippen molar-refractivity contribution in [1.29, 1.82) is 0 Å². The maximum Gasteiger partial charge on any atom is 0.337 e. The van der Waals surface area contributed by atoms with Crippen molar-refractivity contribution in [2.45, 2.75) is 6.54 Å². The Morgan fingerprint density at radius 2 is 1.89 bits per heavy atom. The Hall–Kier alpha value is -4.36. The number of benzene rings is 2. The quantitative estimate of drug-likeness (QED) is 0.124. The third-order valence-corrected chi connectivity index (χ3v) is 5.67. The summed E-state index contributed by atoms with van der Waals surface area (Å²) in [5, 5.41) is 9.55. The molecule has 1 saturated heterocycles. The maximum absolute atomic E-state index is 12.2. The largest absolute Gasteiger partial charge is 0.423 e. The minimum absolute atomic E-state index is 0.0346. The number of carbonyl (C=O) groups excluding carboxylic acids is 4. The van der Waals surface area contributed by atoms with Gasteiger partial charge in [0.2, 0.25) is 4.77 Å². The molecule has 2 aromatic carbocycles. The van der Waals surface area contributed by atoms with Crippen LogP contribution in [0.5, 0.6) is 5.75 Å². The molecule has 3 aromatic rings. The fourth-order valence-corrected chi connectivity index (χ4v) is 3.76. The van der Waals surface area contributed by atoms with E-state index < -0.39 is 23.0 Å². The van der Waals surface area contributed by atoms with E-state index in [1.165, 1.54) is 23.0 Å². The van der Waals surface area contributed by atoms with Crippen LogP contribution in [-0.4, -0.2) is 43.6 Å². The molecule has 2 N–H and O–H groups in total. The standard InChI is InChI=1S/C22H16N6O5S2/c29-18(12-28-22(34)27(13-24-28)15-4-2-1-3-5-15)26-23-11-14-6-8-16(9-7-14)33-19(30)10-17-20(31)25-21(32)35-17/h1-11,13H,12H2,(H,26,29)(H,25,31,32)/b17-10-,23-11+. The fraction of sp³-hybridized carbons (Fsp3) is 0.0455. The second kappa shape index (κ2) is 10.7. The molecule has 0 atom stereocenters. The van der Waals surface area contributed by atoms with Gasteiger partial charge in [0.25, 0.3) is 17.1 Å². The SMILES string of the molecule is O=C(Cn1ncn(-c2ccccc2)c1=S)N/N=C/c1ccc(OC(=O)/C=C2\SC(=O)NC2=O)cc1. The molecule has 1 aliphatic rings. The van der Waals surface area contributed by atoms with Gasteiger partial charge < -0.3 is 4.74 Å². The molecule has 0 unspecified atom stereocenters. The minimum atomic E-state index is -0.792. The molecule has 4 rings (SSSR count). The summed E-state index contributed by atoms with van der Waals surface area (Å²) in [6.45, 7) is -0.109. The summed E-state index contributed by atoms with van der Waals surface area (Å²) in [6.07, 6.45) is 3.91. The summed E-state index contributed by atoms with van der Waals surface area (Å²) in [6, 6.07) is 15.7. The third kappa shape index (κ3) is 6.16. The van der Waals surface area contributed by atoms with E-state index in [4.69, 9.17) is 17.0 Å². The Morgan fingerprint density at radius 1 is 1.14 bits per heavy atom. The Kier molecular flexibility index (Phi) is 7.28. The number of thioether (sulfide) groups is 1. The Labute approximate surface area is 207 Å². The topological polar surface area (TPSA) is 137 Å². The van der Waals surface area contributed by atoms with Crippen LogP contribution in [-0.2, 0) is 20.9 Å². The average molecular weight is 509 g/mol. The van der Waals surface area contributed by atoms with Crippen molar-refractivity contribution in [3.05, 3.63) is 82.2 Å². The molecule has 2 heterocycles. The predicted octanol–water partition coefficient (Wildman–Crippen LogP) is 2.33. The number of nitrogens with one attached hydrogen (secondary N) is 2. The second-order valence-corrected chi connectivity index (χ2v) is 8.29. The van der Waals surface area contributed by atoms with Gasteiger partial charge in [-0.25, -0.2) is 14.9 Å². The first-order valence-electron chi connectivity index (χ1n) is 9.97. The summed E-state index contributed by atoms with van der Waals surface area (Å²) < 4.78 is 8.56. The number of amides is 3. The van der Waals surface area contributed by atoms with Crippen molar-refractivity contribution in [1.82, 2.24) is 25.1 Å². The first-order chi connectivity index (χ1) is 16.9. The van der Waals surface area contributed by atoms with Gasteiger partial charge in [-0.05, 0) is 65.9 Å². The van der Waals surface area contributed by atoms with Gasteiger partial charge in [-0.3, -0.25) is 24.3 Å². The summed E-state index contributed by atoms with van der Waals surface area (Å²) in [5.74, 6) is -1.62. The number of hydrogen-bond acceptors (Lipinski definition) is 9. The number of rotatable bonds is 7. The smallest absolute Gasteiger partial charge is 0.337 e. The van der Waals surface area contributed by atoms with Gasteiger partial charge in [0, 0.05) is 11.8 Å². The number of aromatic nitrogens is 3. The highest BCUT2D eigenvalue weighted by atomic mass is 32.2. The molecule has 13 heteroatoms. The molecule has 11 nitrogen and oxygen atoms in total. The van der Waals surface area contributed by atoms with Crippen LogP contribution in [0.4, 0.5) is 4.79 Å². The zero-order valence-corrected chi connectivity index (χ0v) is 19.4. The van der Waals surface area contributed by atoms with E-state index in [0.29, 0.717) is 22.1 Å². The highest BCUT2D eigenvalue weighted by molar-refractivity contribution is 8.18. The van der Waals surface area contributed by atoms with Gasteiger partial charge in [-0.15, -0.1) is 0 Å². The van der Waals surface area contributed by atoms with Crippen LogP contribution < -0.4 is 15.5 Å². The van der Waals surface area contributed by atoms with Crippen molar-refractivity contribution < 1.29 is 23.9 Å². The molecule has 0 radical (unpaired) electrons. The fourth-order valence-electron chi connectivity index (χ4n) is 2.86. The number of hydrogen-bond donors (Lipinski definition) is 2. The predicted molar refractivity (Wildman–Crippen MR) is 129 cm³/mol. The molecule has 1 aliphatic heterocycles. The van der Waals surface area contributed by atoms with E-state index in [2.05, 4.69) is 15.6 Å². The first-order valence-corrected chi connectivity index (χ1v) is 11.2. The first kappa shape index (κ1) is 23.8. The van der Waals surface area contributed by atoms with Crippen molar-refractivity contribution in [2.24, 2.45) is 5.10 Å².